The molecule has 92 valence electrons. The number of hydrazone groups is 1. The number of rotatable bonds is 4. The standard InChI is InChI=1S/C12H16N2O3/c1-3-11(13-14-12(16)17-4-2)9-5-7-10(15)8-6-9/h5-8,15H,3-4H2,1-2H3,(H,14,16)/b13-11+. The fraction of sp³-hybridized carbons (Fsp3) is 0.333. The summed E-state index contributed by atoms with van der Waals surface area (Å²) in [5.41, 5.74) is 3.88. The molecule has 0 atom stereocenters. The molecule has 0 aliphatic rings. The molecule has 0 aromatic heterocycles. The van der Waals surface area contributed by atoms with Crippen LogP contribution in [0.15, 0.2) is 29.4 Å². The lowest BCUT2D eigenvalue weighted by Gasteiger charge is -2.05. The molecule has 0 spiro atoms. The van der Waals surface area contributed by atoms with Crippen LogP contribution in [0, 0.1) is 0 Å². The first-order chi connectivity index (χ1) is 8.17. The van der Waals surface area contributed by atoms with Crippen LogP contribution in [0.4, 0.5) is 4.79 Å². The molecule has 5 heteroatoms. The van der Waals surface area contributed by atoms with Gasteiger partial charge < -0.3 is 9.84 Å². The second-order valence-electron chi connectivity index (χ2n) is 3.29. The average molecular weight is 236 g/mol. The molecule has 0 saturated heterocycles. The number of hydrogen-bond acceptors (Lipinski definition) is 4. The summed E-state index contributed by atoms with van der Waals surface area (Å²) >= 11 is 0. The van der Waals surface area contributed by atoms with Gasteiger partial charge in [-0.2, -0.15) is 5.10 Å². The molecule has 0 fully saturated rings. The minimum atomic E-state index is -0.572. The highest BCUT2D eigenvalue weighted by Crippen LogP contribution is 2.11. The molecule has 0 aliphatic heterocycles. The molecule has 0 bridgehead atoms. The molecule has 1 aromatic carbocycles. The summed E-state index contributed by atoms with van der Waals surface area (Å²) in [6, 6.07) is 6.63. The molecule has 0 radical (unpaired) electrons. The van der Waals surface area contributed by atoms with Crippen LogP contribution in [0.25, 0.3) is 0 Å². The Morgan fingerprint density at radius 3 is 2.53 bits per heavy atom. The lowest BCUT2D eigenvalue weighted by atomic mass is 10.1. The Labute approximate surface area is 100 Å². The molecule has 0 aliphatic carbocycles. The minimum Gasteiger partial charge on any atom is -0.508 e. The van der Waals surface area contributed by atoms with Crippen LogP contribution in [0.2, 0.25) is 0 Å². The third-order valence-electron chi connectivity index (χ3n) is 2.09. The van der Waals surface area contributed by atoms with Gasteiger partial charge >= 0.3 is 6.09 Å². The van der Waals surface area contributed by atoms with Gasteiger partial charge in [0.2, 0.25) is 0 Å². The van der Waals surface area contributed by atoms with E-state index in [0.29, 0.717) is 13.0 Å². The Morgan fingerprint density at radius 1 is 1.35 bits per heavy atom. The van der Waals surface area contributed by atoms with Crippen LogP contribution >= 0.6 is 0 Å². The van der Waals surface area contributed by atoms with Crippen molar-refractivity contribution in [1.29, 1.82) is 0 Å². The zero-order valence-corrected chi connectivity index (χ0v) is 9.93. The van der Waals surface area contributed by atoms with E-state index in [2.05, 4.69) is 10.5 Å². The van der Waals surface area contributed by atoms with Gasteiger partial charge in [0.05, 0.1) is 12.3 Å². The number of benzene rings is 1. The van der Waals surface area contributed by atoms with Crippen molar-refractivity contribution in [2.75, 3.05) is 6.61 Å². The molecule has 2 N–H and O–H groups in total. The van der Waals surface area contributed by atoms with E-state index in [1.165, 1.54) is 0 Å². The van der Waals surface area contributed by atoms with E-state index in [-0.39, 0.29) is 5.75 Å². The van der Waals surface area contributed by atoms with Gasteiger partial charge in [-0.15, -0.1) is 0 Å². The van der Waals surface area contributed by atoms with E-state index in [9.17, 15) is 4.79 Å². The zero-order chi connectivity index (χ0) is 12.7. The van der Waals surface area contributed by atoms with E-state index in [0.717, 1.165) is 11.3 Å². The fourth-order valence-electron chi connectivity index (χ4n) is 1.28. The highest BCUT2D eigenvalue weighted by molar-refractivity contribution is 6.00. The monoisotopic (exact) mass is 236 g/mol. The van der Waals surface area contributed by atoms with Gasteiger partial charge in [0.15, 0.2) is 0 Å². The molecule has 0 saturated carbocycles. The number of ether oxygens (including phenoxy) is 1. The van der Waals surface area contributed by atoms with Crippen molar-refractivity contribution in [3.8, 4) is 5.75 Å². The highest BCUT2D eigenvalue weighted by atomic mass is 16.5. The van der Waals surface area contributed by atoms with E-state index < -0.39 is 6.09 Å². The van der Waals surface area contributed by atoms with Gasteiger partial charge in [-0.25, -0.2) is 10.2 Å². The topological polar surface area (TPSA) is 70.9 Å². The highest BCUT2D eigenvalue weighted by Gasteiger charge is 2.03. The normalized spacial score (nSPS) is 11.1. The Hall–Kier alpha value is -2.04. The lowest BCUT2D eigenvalue weighted by molar-refractivity contribution is 0.152. The van der Waals surface area contributed by atoms with Crippen molar-refractivity contribution < 1.29 is 14.6 Å². The Kier molecular flexibility index (Phi) is 5.00. The predicted molar refractivity (Wildman–Crippen MR) is 65.1 cm³/mol. The van der Waals surface area contributed by atoms with Crippen molar-refractivity contribution in [3.05, 3.63) is 29.8 Å². The Balaban J connectivity index is 2.73. The van der Waals surface area contributed by atoms with Crippen molar-refractivity contribution in [2.24, 2.45) is 5.10 Å². The predicted octanol–water partition coefficient (Wildman–Crippen LogP) is 2.25. The average Bonchev–Trinajstić information content (AvgIpc) is 2.32. The van der Waals surface area contributed by atoms with Crippen LogP contribution in [-0.4, -0.2) is 23.5 Å². The van der Waals surface area contributed by atoms with Gasteiger partial charge in [0.25, 0.3) is 0 Å². The summed E-state index contributed by atoms with van der Waals surface area (Å²) in [7, 11) is 0. The van der Waals surface area contributed by atoms with Crippen molar-refractivity contribution in [1.82, 2.24) is 5.43 Å². The van der Waals surface area contributed by atoms with Gasteiger partial charge in [-0.3, -0.25) is 0 Å². The number of hydrogen-bond donors (Lipinski definition) is 2. The fourth-order valence-corrected chi connectivity index (χ4v) is 1.28. The summed E-state index contributed by atoms with van der Waals surface area (Å²) in [6.45, 7) is 3.96. The van der Waals surface area contributed by atoms with Crippen LogP contribution in [-0.2, 0) is 4.74 Å². The number of carbonyl (C=O) groups excluding carboxylic acids is 1. The van der Waals surface area contributed by atoms with Gasteiger partial charge in [0.1, 0.15) is 5.75 Å². The van der Waals surface area contributed by atoms with E-state index in [1.807, 2.05) is 6.92 Å². The second kappa shape index (κ2) is 6.52. The summed E-state index contributed by atoms with van der Waals surface area (Å²) in [6.07, 6.45) is 0.0919. The maximum absolute atomic E-state index is 11.1. The summed E-state index contributed by atoms with van der Waals surface area (Å²) < 4.78 is 4.69. The molecule has 0 heterocycles. The second-order valence-corrected chi connectivity index (χ2v) is 3.29. The smallest absolute Gasteiger partial charge is 0.427 e. The third-order valence-corrected chi connectivity index (χ3v) is 2.09. The molecule has 0 unspecified atom stereocenters. The van der Waals surface area contributed by atoms with E-state index >= 15 is 0 Å². The van der Waals surface area contributed by atoms with E-state index in [1.54, 1.807) is 31.2 Å². The SMILES string of the molecule is CCOC(=O)N/N=C(\CC)c1ccc(O)cc1. The maximum atomic E-state index is 11.1. The van der Waals surface area contributed by atoms with Crippen molar-refractivity contribution in [2.45, 2.75) is 20.3 Å². The van der Waals surface area contributed by atoms with Gasteiger partial charge in [0, 0.05) is 0 Å². The molecule has 1 rings (SSSR count). The van der Waals surface area contributed by atoms with Crippen LogP contribution in [0.1, 0.15) is 25.8 Å². The summed E-state index contributed by atoms with van der Waals surface area (Å²) in [5, 5.41) is 13.1. The molecular formula is C12H16N2O3. The number of nitrogens with zero attached hydrogens (tertiary/aromatic N) is 1. The molecule has 1 aromatic rings. The molecule has 17 heavy (non-hydrogen) atoms. The summed E-state index contributed by atoms with van der Waals surface area (Å²) in [5.74, 6) is 0.197. The van der Waals surface area contributed by atoms with Gasteiger partial charge in [-0.1, -0.05) is 6.92 Å². The Bertz CT molecular complexity index is 399. The van der Waals surface area contributed by atoms with Crippen LogP contribution < -0.4 is 5.43 Å². The van der Waals surface area contributed by atoms with Gasteiger partial charge in [-0.05, 0) is 43.2 Å². The first-order valence-electron chi connectivity index (χ1n) is 5.46. The van der Waals surface area contributed by atoms with Crippen LogP contribution in [0.3, 0.4) is 0 Å². The first-order valence-corrected chi connectivity index (χ1v) is 5.46. The molecule has 5 nitrogen and oxygen atoms in total. The number of aromatic hydroxyl groups is 1. The van der Waals surface area contributed by atoms with Crippen LogP contribution in [0.5, 0.6) is 5.75 Å². The Morgan fingerprint density at radius 2 is 2.00 bits per heavy atom. The largest absolute Gasteiger partial charge is 0.508 e. The maximum Gasteiger partial charge on any atom is 0.427 e. The zero-order valence-electron chi connectivity index (χ0n) is 9.93. The first kappa shape index (κ1) is 13.0. The number of nitrogens with one attached hydrogen (secondary N) is 1. The van der Waals surface area contributed by atoms with Crippen molar-refractivity contribution >= 4 is 11.8 Å². The molecule has 1 amide bonds. The minimum absolute atomic E-state index is 0.197. The summed E-state index contributed by atoms with van der Waals surface area (Å²) in [4.78, 5) is 11.1. The number of carbonyl (C=O) groups is 1. The number of phenolic OH excluding ortho intramolecular Hbond substituents is 1. The number of amides is 1. The van der Waals surface area contributed by atoms with Crippen molar-refractivity contribution in [3.63, 3.8) is 0 Å². The van der Waals surface area contributed by atoms with E-state index in [4.69, 9.17) is 9.84 Å². The molecular weight excluding hydrogens is 220 g/mol. The lowest BCUT2D eigenvalue weighted by Crippen LogP contribution is -2.20. The quantitative estimate of drug-likeness (QED) is 0.622. The third kappa shape index (κ3) is 4.14. The number of phenols is 1.